The number of piperidine rings is 1. The second-order valence-electron chi connectivity index (χ2n) is 7.07. The molecule has 0 spiro atoms. The summed E-state index contributed by atoms with van der Waals surface area (Å²) in [5.41, 5.74) is 7.56. The number of aliphatic imine (C=N–C) groups is 1. The van der Waals surface area contributed by atoms with Crippen LogP contribution in [0.3, 0.4) is 0 Å². The average molecular weight is 423 g/mol. The summed E-state index contributed by atoms with van der Waals surface area (Å²) in [6, 6.07) is 8.61. The summed E-state index contributed by atoms with van der Waals surface area (Å²) < 4.78 is 6.19. The minimum Gasteiger partial charge on any atom is -0.450 e. The molecular weight excluding hydrogens is 396 g/mol. The number of benzene rings is 1. The number of nitrogens with one attached hydrogen (secondary N) is 1. The van der Waals surface area contributed by atoms with E-state index < -0.39 is 0 Å². The van der Waals surface area contributed by atoms with Gasteiger partial charge in [0.15, 0.2) is 5.96 Å². The van der Waals surface area contributed by atoms with Crippen molar-refractivity contribution in [3.05, 3.63) is 34.3 Å². The van der Waals surface area contributed by atoms with E-state index in [2.05, 4.69) is 44.4 Å². The molecule has 142 valence electrons. The van der Waals surface area contributed by atoms with Gasteiger partial charge in [0.2, 0.25) is 0 Å². The fraction of sp³-hybridized carbons (Fsp3) is 0.579. The van der Waals surface area contributed by atoms with E-state index >= 15 is 0 Å². The first-order valence-corrected chi connectivity index (χ1v) is 10.1. The van der Waals surface area contributed by atoms with Gasteiger partial charge < -0.3 is 20.7 Å². The lowest BCUT2D eigenvalue weighted by atomic mass is 9.96. The van der Waals surface area contributed by atoms with Crippen molar-refractivity contribution in [3.63, 3.8) is 0 Å². The maximum absolute atomic E-state index is 11.7. The maximum atomic E-state index is 11.7. The molecule has 1 aliphatic heterocycles. The van der Waals surface area contributed by atoms with Gasteiger partial charge in [-0.3, -0.25) is 4.99 Å². The highest BCUT2D eigenvalue weighted by molar-refractivity contribution is 9.10. The number of hydrogen-bond acceptors (Lipinski definition) is 3. The van der Waals surface area contributed by atoms with Crippen LogP contribution in [-0.2, 0) is 10.2 Å². The minimum atomic E-state index is -0.225. The van der Waals surface area contributed by atoms with Crippen LogP contribution in [0.15, 0.2) is 33.7 Å². The van der Waals surface area contributed by atoms with Crippen molar-refractivity contribution in [1.82, 2.24) is 10.2 Å². The SMILES string of the molecule is CCOC(=O)N1CCC(NC(N)=NCC2(c3ccccc3Br)CC2)CC1. The molecule has 2 aliphatic rings. The van der Waals surface area contributed by atoms with Crippen LogP contribution in [0.1, 0.15) is 38.2 Å². The van der Waals surface area contributed by atoms with Gasteiger partial charge in [-0.2, -0.15) is 0 Å². The molecule has 1 saturated carbocycles. The van der Waals surface area contributed by atoms with E-state index in [1.807, 2.05) is 13.0 Å². The van der Waals surface area contributed by atoms with E-state index in [4.69, 9.17) is 10.5 Å². The maximum Gasteiger partial charge on any atom is 0.409 e. The molecule has 0 unspecified atom stereocenters. The van der Waals surface area contributed by atoms with Crippen molar-refractivity contribution in [3.8, 4) is 0 Å². The molecule has 1 aromatic rings. The molecule has 1 saturated heterocycles. The monoisotopic (exact) mass is 422 g/mol. The fourth-order valence-corrected chi connectivity index (χ4v) is 4.17. The molecule has 0 radical (unpaired) electrons. The number of carbonyl (C=O) groups excluding carboxylic acids is 1. The zero-order valence-corrected chi connectivity index (χ0v) is 16.8. The largest absolute Gasteiger partial charge is 0.450 e. The minimum absolute atomic E-state index is 0.125. The first kappa shape index (κ1) is 19.0. The molecule has 3 N–H and O–H groups in total. The molecule has 1 amide bonds. The molecule has 26 heavy (non-hydrogen) atoms. The summed E-state index contributed by atoms with van der Waals surface area (Å²) in [5, 5.41) is 3.31. The van der Waals surface area contributed by atoms with Gasteiger partial charge in [-0.15, -0.1) is 0 Å². The fourth-order valence-electron chi connectivity index (χ4n) is 3.47. The van der Waals surface area contributed by atoms with Gasteiger partial charge in [0.1, 0.15) is 0 Å². The normalized spacial score (nSPS) is 19.9. The first-order chi connectivity index (χ1) is 12.5. The number of halogens is 1. The summed E-state index contributed by atoms with van der Waals surface area (Å²) in [6.07, 6.45) is 3.76. The summed E-state index contributed by atoms with van der Waals surface area (Å²) in [6.45, 7) is 4.31. The van der Waals surface area contributed by atoms with Gasteiger partial charge in [0.05, 0.1) is 13.2 Å². The number of hydrogen-bond donors (Lipinski definition) is 2. The number of ether oxygens (including phenoxy) is 1. The second kappa shape index (κ2) is 8.29. The second-order valence-corrected chi connectivity index (χ2v) is 7.92. The van der Waals surface area contributed by atoms with Crippen LogP contribution in [0, 0.1) is 0 Å². The molecule has 0 aromatic heterocycles. The smallest absolute Gasteiger partial charge is 0.409 e. The molecular formula is C19H27BrN4O2. The van der Waals surface area contributed by atoms with Crippen LogP contribution in [0.5, 0.6) is 0 Å². The lowest BCUT2D eigenvalue weighted by Crippen LogP contribution is -2.48. The van der Waals surface area contributed by atoms with E-state index in [0.29, 0.717) is 32.2 Å². The lowest BCUT2D eigenvalue weighted by Gasteiger charge is -2.31. The Morgan fingerprint density at radius 1 is 1.38 bits per heavy atom. The predicted molar refractivity (Wildman–Crippen MR) is 106 cm³/mol. The van der Waals surface area contributed by atoms with Crippen molar-refractivity contribution < 1.29 is 9.53 Å². The number of nitrogens with zero attached hydrogens (tertiary/aromatic N) is 2. The van der Waals surface area contributed by atoms with Crippen LogP contribution >= 0.6 is 15.9 Å². The van der Waals surface area contributed by atoms with Gasteiger partial charge in [0.25, 0.3) is 0 Å². The van der Waals surface area contributed by atoms with Crippen molar-refractivity contribution >= 4 is 28.0 Å². The Balaban J connectivity index is 1.49. The Morgan fingerprint density at radius 2 is 2.08 bits per heavy atom. The van der Waals surface area contributed by atoms with E-state index in [9.17, 15) is 4.79 Å². The number of likely N-dealkylation sites (tertiary alicyclic amines) is 1. The standard InChI is InChI=1S/C19H27BrN4O2/c1-2-26-18(25)24-11-7-14(8-12-24)23-17(21)22-13-19(9-10-19)15-5-3-4-6-16(15)20/h3-6,14H,2,7-13H2,1H3,(H3,21,22,23). The van der Waals surface area contributed by atoms with Gasteiger partial charge >= 0.3 is 6.09 Å². The molecule has 1 aliphatic carbocycles. The lowest BCUT2D eigenvalue weighted by molar-refractivity contribution is 0.0963. The summed E-state index contributed by atoms with van der Waals surface area (Å²) >= 11 is 3.65. The molecule has 0 bridgehead atoms. The topological polar surface area (TPSA) is 80.0 Å². The van der Waals surface area contributed by atoms with E-state index in [-0.39, 0.29) is 17.6 Å². The number of rotatable bonds is 5. The number of guanidine groups is 1. The van der Waals surface area contributed by atoms with Crippen molar-refractivity contribution in [2.24, 2.45) is 10.7 Å². The van der Waals surface area contributed by atoms with Crippen molar-refractivity contribution in [1.29, 1.82) is 0 Å². The van der Waals surface area contributed by atoms with E-state index in [1.54, 1.807) is 4.90 Å². The Kier molecular flexibility index (Phi) is 6.06. The van der Waals surface area contributed by atoms with Crippen LogP contribution in [-0.4, -0.2) is 49.2 Å². The molecule has 1 aromatic carbocycles. The zero-order chi connectivity index (χ0) is 18.6. The highest BCUT2D eigenvalue weighted by atomic mass is 79.9. The summed E-state index contributed by atoms with van der Waals surface area (Å²) in [7, 11) is 0. The van der Waals surface area contributed by atoms with Gasteiger partial charge in [-0.25, -0.2) is 4.79 Å². The number of amides is 1. The third-order valence-corrected chi connectivity index (χ3v) is 5.92. The molecule has 1 heterocycles. The number of carbonyl (C=O) groups is 1. The Bertz CT molecular complexity index is 667. The average Bonchev–Trinajstić information content (AvgIpc) is 3.42. The third-order valence-electron chi connectivity index (χ3n) is 5.22. The summed E-state index contributed by atoms with van der Waals surface area (Å²) in [4.78, 5) is 18.1. The molecule has 3 rings (SSSR count). The van der Waals surface area contributed by atoms with E-state index in [0.717, 1.165) is 30.2 Å². The third kappa shape index (κ3) is 4.50. The molecule has 0 atom stereocenters. The van der Waals surface area contributed by atoms with Gasteiger partial charge in [-0.1, -0.05) is 34.1 Å². The van der Waals surface area contributed by atoms with Crippen molar-refractivity contribution in [2.75, 3.05) is 26.2 Å². The van der Waals surface area contributed by atoms with Crippen LogP contribution in [0.2, 0.25) is 0 Å². The Morgan fingerprint density at radius 3 is 2.69 bits per heavy atom. The zero-order valence-electron chi connectivity index (χ0n) is 15.2. The van der Waals surface area contributed by atoms with Crippen LogP contribution in [0.25, 0.3) is 0 Å². The Hall–Kier alpha value is -1.76. The van der Waals surface area contributed by atoms with Gasteiger partial charge in [0, 0.05) is 29.0 Å². The molecule has 7 heteroatoms. The highest BCUT2D eigenvalue weighted by Crippen LogP contribution is 2.50. The molecule has 6 nitrogen and oxygen atoms in total. The number of nitrogens with two attached hydrogens (primary N) is 1. The van der Waals surface area contributed by atoms with Gasteiger partial charge in [-0.05, 0) is 44.2 Å². The summed E-state index contributed by atoms with van der Waals surface area (Å²) in [5.74, 6) is 0.498. The Labute approximate surface area is 163 Å². The predicted octanol–water partition coefficient (Wildman–Crippen LogP) is 3.01. The van der Waals surface area contributed by atoms with Crippen LogP contribution < -0.4 is 11.1 Å². The molecule has 2 fully saturated rings. The quantitative estimate of drug-likeness (QED) is 0.564. The first-order valence-electron chi connectivity index (χ1n) is 9.27. The van der Waals surface area contributed by atoms with Crippen molar-refractivity contribution in [2.45, 2.75) is 44.1 Å². The van der Waals surface area contributed by atoms with Crippen LogP contribution in [0.4, 0.5) is 4.79 Å². The highest BCUT2D eigenvalue weighted by Gasteiger charge is 2.45. The van der Waals surface area contributed by atoms with E-state index in [1.165, 1.54) is 5.56 Å².